The summed E-state index contributed by atoms with van der Waals surface area (Å²) in [4.78, 5) is 0. The van der Waals surface area contributed by atoms with Gasteiger partial charge >= 0.3 is 0 Å². The number of aryl methyl sites for hydroxylation is 1. The average Bonchev–Trinajstić information content (AvgIpc) is 2.46. The van der Waals surface area contributed by atoms with E-state index in [1.165, 1.54) is 6.07 Å². The molecule has 0 aliphatic carbocycles. The summed E-state index contributed by atoms with van der Waals surface area (Å²) in [6.07, 6.45) is -0.959. The van der Waals surface area contributed by atoms with E-state index in [1.54, 1.807) is 43.5 Å². The summed E-state index contributed by atoms with van der Waals surface area (Å²) < 4.78 is 18.6. The quantitative estimate of drug-likeness (QED) is 0.849. The van der Waals surface area contributed by atoms with Gasteiger partial charge in [0.05, 0.1) is 12.7 Å². The van der Waals surface area contributed by atoms with E-state index in [9.17, 15) is 9.50 Å². The summed E-state index contributed by atoms with van der Waals surface area (Å²) in [6, 6.07) is 11.5. The van der Waals surface area contributed by atoms with E-state index in [4.69, 9.17) is 4.74 Å². The van der Waals surface area contributed by atoms with Crippen LogP contribution in [0.5, 0.6) is 5.75 Å². The van der Waals surface area contributed by atoms with Crippen LogP contribution in [0.3, 0.4) is 0 Å². The van der Waals surface area contributed by atoms with Gasteiger partial charge < -0.3 is 9.84 Å². The number of benzene rings is 2. The molecule has 1 unspecified atom stereocenters. The predicted octanol–water partition coefficient (Wildman–Crippen LogP) is 3.23. The number of ether oxygens (including phenoxy) is 1. The molecule has 1 N–H and O–H groups in total. The van der Waals surface area contributed by atoms with E-state index in [-0.39, 0.29) is 5.56 Å². The molecule has 3 heteroatoms. The predicted molar refractivity (Wildman–Crippen MR) is 76.0 cm³/mol. The number of rotatable bonds is 2. The number of halogens is 1. The van der Waals surface area contributed by atoms with Crippen molar-refractivity contribution in [1.82, 2.24) is 0 Å². The van der Waals surface area contributed by atoms with Crippen molar-refractivity contribution in [1.29, 1.82) is 0 Å². The van der Waals surface area contributed by atoms with E-state index in [0.29, 0.717) is 5.56 Å². The van der Waals surface area contributed by atoms with Gasteiger partial charge in [-0.25, -0.2) is 4.39 Å². The Morgan fingerprint density at radius 2 is 1.95 bits per heavy atom. The van der Waals surface area contributed by atoms with Crippen LogP contribution in [0.4, 0.5) is 4.39 Å². The highest BCUT2D eigenvalue weighted by molar-refractivity contribution is 5.41. The van der Waals surface area contributed by atoms with Crippen molar-refractivity contribution in [3.63, 3.8) is 0 Å². The third kappa shape index (κ3) is 3.17. The molecule has 20 heavy (non-hydrogen) atoms. The van der Waals surface area contributed by atoms with Crippen LogP contribution in [-0.2, 0) is 0 Å². The first-order chi connectivity index (χ1) is 9.61. The average molecular weight is 270 g/mol. The van der Waals surface area contributed by atoms with E-state index < -0.39 is 11.9 Å². The second kappa shape index (κ2) is 6.23. The molecule has 2 nitrogen and oxygen atoms in total. The van der Waals surface area contributed by atoms with Crippen LogP contribution in [0.2, 0.25) is 0 Å². The first-order valence-corrected chi connectivity index (χ1v) is 6.20. The zero-order valence-corrected chi connectivity index (χ0v) is 11.4. The van der Waals surface area contributed by atoms with Gasteiger partial charge in [-0.3, -0.25) is 0 Å². The van der Waals surface area contributed by atoms with Crippen molar-refractivity contribution in [3.8, 4) is 17.6 Å². The normalized spacial score (nSPS) is 11.4. The first kappa shape index (κ1) is 14.1. The molecule has 0 heterocycles. The van der Waals surface area contributed by atoms with E-state index in [1.807, 2.05) is 6.92 Å². The molecule has 0 amide bonds. The van der Waals surface area contributed by atoms with Gasteiger partial charge in [-0.15, -0.1) is 0 Å². The third-order valence-corrected chi connectivity index (χ3v) is 2.95. The van der Waals surface area contributed by atoms with Gasteiger partial charge in [-0.05, 0) is 42.3 Å². The fourth-order valence-corrected chi connectivity index (χ4v) is 1.86. The minimum atomic E-state index is -0.959. The molecule has 0 bridgehead atoms. The second-order valence-corrected chi connectivity index (χ2v) is 4.38. The largest absolute Gasteiger partial charge is 0.496 e. The maximum Gasteiger partial charge on any atom is 0.140 e. The molecule has 2 rings (SSSR count). The summed E-state index contributed by atoms with van der Waals surface area (Å²) in [5.74, 6) is 5.66. The highest BCUT2D eigenvalue weighted by Gasteiger charge is 2.06. The molecule has 0 aliphatic heterocycles. The van der Waals surface area contributed by atoms with Crippen LogP contribution >= 0.6 is 0 Å². The third-order valence-electron chi connectivity index (χ3n) is 2.95. The monoisotopic (exact) mass is 270 g/mol. The minimum absolute atomic E-state index is 0.275. The molecule has 0 aliphatic rings. The molecule has 0 saturated carbocycles. The lowest BCUT2D eigenvalue weighted by Gasteiger charge is -2.08. The lowest BCUT2D eigenvalue weighted by atomic mass is 10.1. The topological polar surface area (TPSA) is 29.5 Å². The van der Waals surface area contributed by atoms with Gasteiger partial charge in [0.1, 0.15) is 17.7 Å². The summed E-state index contributed by atoms with van der Waals surface area (Å²) in [5.41, 5.74) is 1.85. The zero-order valence-electron chi connectivity index (χ0n) is 11.4. The number of hydrogen-bond donors (Lipinski definition) is 1. The van der Waals surface area contributed by atoms with Gasteiger partial charge in [-0.1, -0.05) is 30.0 Å². The van der Waals surface area contributed by atoms with Crippen LogP contribution in [0.1, 0.15) is 22.8 Å². The summed E-state index contributed by atoms with van der Waals surface area (Å²) in [5, 5.41) is 10.0. The molecular formula is C17H15FO2. The highest BCUT2D eigenvalue weighted by atomic mass is 19.1. The van der Waals surface area contributed by atoms with E-state index in [2.05, 4.69) is 11.8 Å². The van der Waals surface area contributed by atoms with E-state index in [0.717, 1.165) is 11.3 Å². The lowest BCUT2D eigenvalue weighted by molar-refractivity contribution is 0.238. The standard InChI is InChI=1S/C17H15FO2/c1-12-11-14(8-10-17(12)20-2)16(19)9-7-13-5-3-4-6-15(13)18/h3-6,8,10-11,16,19H,1-2H3. The van der Waals surface area contributed by atoms with Crippen molar-refractivity contribution in [2.75, 3.05) is 7.11 Å². The Labute approximate surface area is 117 Å². The Morgan fingerprint density at radius 3 is 2.60 bits per heavy atom. The number of methoxy groups -OCH3 is 1. The van der Waals surface area contributed by atoms with Crippen LogP contribution in [-0.4, -0.2) is 12.2 Å². The Hall–Kier alpha value is -2.31. The molecule has 2 aromatic rings. The molecule has 1 atom stereocenters. The van der Waals surface area contributed by atoms with Gasteiger partial charge in [0.25, 0.3) is 0 Å². The molecule has 0 aromatic heterocycles. The summed E-state index contributed by atoms with van der Waals surface area (Å²) in [7, 11) is 1.59. The Kier molecular flexibility index (Phi) is 4.39. The Balaban J connectivity index is 2.23. The van der Waals surface area contributed by atoms with Crippen LogP contribution in [0.15, 0.2) is 42.5 Å². The fourth-order valence-electron chi connectivity index (χ4n) is 1.86. The smallest absolute Gasteiger partial charge is 0.140 e. The second-order valence-electron chi connectivity index (χ2n) is 4.38. The van der Waals surface area contributed by atoms with Gasteiger partial charge in [0, 0.05) is 0 Å². The van der Waals surface area contributed by atoms with E-state index >= 15 is 0 Å². The Morgan fingerprint density at radius 1 is 1.20 bits per heavy atom. The van der Waals surface area contributed by atoms with Crippen LogP contribution in [0, 0.1) is 24.6 Å². The van der Waals surface area contributed by atoms with Crippen LogP contribution < -0.4 is 4.74 Å². The molecular weight excluding hydrogens is 255 g/mol. The Bertz CT molecular complexity index is 668. The van der Waals surface area contributed by atoms with Gasteiger partial charge in [-0.2, -0.15) is 0 Å². The van der Waals surface area contributed by atoms with Crippen molar-refractivity contribution >= 4 is 0 Å². The summed E-state index contributed by atoms with van der Waals surface area (Å²) in [6.45, 7) is 1.89. The van der Waals surface area contributed by atoms with Gasteiger partial charge in [0.2, 0.25) is 0 Å². The molecule has 0 saturated heterocycles. The number of hydrogen-bond acceptors (Lipinski definition) is 2. The molecule has 102 valence electrons. The van der Waals surface area contributed by atoms with Crippen LogP contribution in [0.25, 0.3) is 0 Å². The molecule has 0 fully saturated rings. The maximum absolute atomic E-state index is 13.4. The van der Waals surface area contributed by atoms with Gasteiger partial charge in [0.15, 0.2) is 0 Å². The number of aliphatic hydroxyl groups excluding tert-OH is 1. The van der Waals surface area contributed by atoms with Crippen molar-refractivity contribution in [3.05, 3.63) is 65.0 Å². The SMILES string of the molecule is COc1ccc(C(O)C#Cc2ccccc2F)cc1C. The molecule has 0 radical (unpaired) electrons. The number of aliphatic hydroxyl groups is 1. The maximum atomic E-state index is 13.4. The van der Waals surface area contributed by atoms with Crippen molar-refractivity contribution in [2.45, 2.75) is 13.0 Å². The lowest BCUT2D eigenvalue weighted by Crippen LogP contribution is -1.96. The minimum Gasteiger partial charge on any atom is -0.496 e. The first-order valence-electron chi connectivity index (χ1n) is 6.20. The van der Waals surface area contributed by atoms with Crippen molar-refractivity contribution < 1.29 is 14.2 Å². The van der Waals surface area contributed by atoms with Crippen molar-refractivity contribution in [2.24, 2.45) is 0 Å². The summed E-state index contributed by atoms with van der Waals surface area (Å²) >= 11 is 0. The molecule has 2 aromatic carbocycles. The molecule has 0 spiro atoms. The highest BCUT2D eigenvalue weighted by Crippen LogP contribution is 2.22. The fraction of sp³-hybridized carbons (Fsp3) is 0.176. The zero-order chi connectivity index (χ0) is 14.5.